The summed E-state index contributed by atoms with van der Waals surface area (Å²) >= 11 is 1.32. The van der Waals surface area contributed by atoms with Crippen LogP contribution in [0.4, 0.5) is 18.9 Å². The zero-order valence-corrected chi connectivity index (χ0v) is 15.8. The van der Waals surface area contributed by atoms with E-state index in [1.807, 2.05) is 0 Å². The van der Waals surface area contributed by atoms with Gasteiger partial charge in [0, 0.05) is 17.6 Å². The van der Waals surface area contributed by atoms with Gasteiger partial charge in [-0.3, -0.25) is 9.59 Å². The predicted octanol–water partition coefficient (Wildman–Crippen LogP) is 4.27. The van der Waals surface area contributed by atoms with Crippen molar-refractivity contribution in [1.82, 2.24) is 10.3 Å². The first-order valence-corrected chi connectivity index (χ1v) is 9.47. The molecule has 0 unspecified atom stereocenters. The number of amides is 2. The second-order valence-electron chi connectivity index (χ2n) is 6.18. The van der Waals surface area contributed by atoms with Crippen LogP contribution in [0.1, 0.15) is 27.2 Å². The quantitative estimate of drug-likeness (QED) is 0.627. The summed E-state index contributed by atoms with van der Waals surface area (Å²) in [6, 6.07) is 11.6. The van der Waals surface area contributed by atoms with Gasteiger partial charge in [0.1, 0.15) is 5.69 Å². The molecular weight excluding hydrogens is 403 g/mol. The highest BCUT2D eigenvalue weighted by atomic mass is 32.1. The van der Waals surface area contributed by atoms with E-state index in [1.165, 1.54) is 23.5 Å². The van der Waals surface area contributed by atoms with Gasteiger partial charge >= 0.3 is 6.18 Å². The number of carbonyl (C=O) groups is 2. The summed E-state index contributed by atoms with van der Waals surface area (Å²) in [7, 11) is 0. The smallest absolute Gasteiger partial charge is 0.352 e. The van der Waals surface area contributed by atoms with Crippen molar-refractivity contribution in [2.45, 2.75) is 19.1 Å². The summed E-state index contributed by atoms with van der Waals surface area (Å²) in [6.45, 7) is 0.00450. The summed E-state index contributed by atoms with van der Waals surface area (Å²) in [5.41, 5.74) is 2.78. The van der Waals surface area contributed by atoms with E-state index in [9.17, 15) is 22.8 Å². The largest absolute Gasteiger partial charge is 0.416 e. The van der Waals surface area contributed by atoms with Crippen molar-refractivity contribution >= 4 is 28.8 Å². The molecule has 0 saturated heterocycles. The van der Waals surface area contributed by atoms with Crippen LogP contribution in [0.15, 0.2) is 59.4 Å². The lowest BCUT2D eigenvalue weighted by atomic mass is 10.1. The van der Waals surface area contributed by atoms with Crippen molar-refractivity contribution in [3.8, 4) is 0 Å². The number of alkyl halides is 3. The van der Waals surface area contributed by atoms with E-state index in [1.54, 1.807) is 35.2 Å². The number of anilines is 1. The second-order valence-corrected chi connectivity index (χ2v) is 6.90. The number of carbonyl (C=O) groups excluding carboxylic acids is 2. The molecule has 1 heterocycles. The molecule has 0 aliphatic heterocycles. The Labute approximate surface area is 168 Å². The Kier molecular flexibility index (Phi) is 6.28. The summed E-state index contributed by atoms with van der Waals surface area (Å²) in [5.74, 6) is -0.639. The van der Waals surface area contributed by atoms with Crippen LogP contribution in [0.5, 0.6) is 0 Å². The number of nitrogens with zero attached hydrogens (tertiary/aromatic N) is 1. The van der Waals surface area contributed by atoms with Gasteiger partial charge in [-0.1, -0.05) is 24.3 Å². The molecule has 0 fully saturated rings. The van der Waals surface area contributed by atoms with Crippen LogP contribution in [-0.2, 0) is 23.9 Å². The standard InChI is InChI=1S/C20H16F3N3O2S/c21-20(22,23)15-3-1-2-14(8-15)10-24-18(27)9-13-4-6-16(7-5-13)26-19(28)17-11-29-12-25-17/h1-8,11-12H,9-10H2,(H,24,27)(H,26,28). The average molecular weight is 419 g/mol. The van der Waals surface area contributed by atoms with Gasteiger partial charge < -0.3 is 10.6 Å². The minimum Gasteiger partial charge on any atom is -0.352 e. The Morgan fingerprint density at radius 3 is 2.45 bits per heavy atom. The number of rotatable bonds is 6. The van der Waals surface area contributed by atoms with Crippen molar-refractivity contribution in [2.24, 2.45) is 0 Å². The lowest BCUT2D eigenvalue weighted by Gasteiger charge is -2.10. The molecule has 9 heteroatoms. The van der Waals surface area contributed by atoms with E-state index in [2.05, 4.69) is 15.6 Å². The van der Waals surface area contributed by atoms with Crippen LogP contribution >= 0.6 is 11.3 Å². The van der Waals surface area contributed by atoms with Gasteiger partial charge in [0.25, 0.3) is 5.91 Å². The third kappa shape index (κ3) is 5.89. The molecule has 2 amide bonds. The molecule has 0 aliphatic rings. The summed E-state index contributed by atoms with van der Waals surface area (Å²) < 4.78 is 38.2. The van der Waals surface area contributed by atoms with E-state index in [-0.39, 0.29) is 24.8 Å². The van der Waals surface area contributed by atoms with E-state index >= 15 is 0 Å². The third-order valence-electron chi connectivity index (χ3n) is 3.99. The topological polar surface area (TPSA) is 71.1 Å². The van der Waals surface area contributed by atoms with E-state index in [0.29, 0.717) is 22.5 Å². The first-order valence-electron chi connectivity index (χ1n) is 8.52. The molecule has 2 N–H and O–H groups in total. The summed E-state index contributed by atoms with van der Waals surface area (Å²) in [5, 5.41) is 6.95. The zero-order chi connectivity index (χ0) is 20.9. The fraction of sp³-hybridized carbons (Fsp3) is 0.150. The Morgan fingerprint density at radius 2 is 1.79 bits per heavy atom. The zero-order valence-electron chi connectivity index (χ0n) is 15.0. The van der Waals surface area contributed by atoms with Gasteiger partial charge in [0.05, 0.1) is 17.5 Å². The van der Waals surface area contributed by atoms with E-state index in [0.717, 1.165) is 12.1 Å². The number of nitrogens with one attached hydrogen (secondary N) is 2. The maximum absolute atomic E-state index is 12.7. The van der Waals surface area contributed by atoms with Gasteiger partial charge in [-0.15, -0.1) is 11.3 Å². The molecule has 0 radical (unpaired) electrons. The third-order valence-corrected chi connectivity index (χ3v) is 4.57. The number of benzene rings is 2. The molecule has 5 nitrogen and oxygen atoms in total. The van der Waals surface area contributed by atoms with Gasteiger partial charge in [-0.25, -0.2) is 4.98 Å². The number of aromatic nitrogens is 1. The minimum absolute atomic E-state index is 0.00450. The van der Waals surface area contributed by atoms with Crippen molar-refractivity contribution in [3.63, 3.8) is 0 Å². The molecule has 2 aromatic carbocycles. The summed E-state index contributed by atoms with van der Waals surface area (Å²) in [6.07, 6.45) is -4.35. The fourth-order valence-corrected chi connectivity index (χ4v) is 3.06. The Hall–Kier alpha value is -3.20. The predicted molar refractivity (Wildman–Crippen MR) is 104 cm³/mol. The molecule has 0 saturated carbocycles. The highest BCUT2D eigenvalue weighted by molar-refractivity contribution is 7.07. The van der Waals surface area contributed by atoms with Gasteiger partial charge in [0.15, 0.2) is 0 Å². The lowest BCUT2D eigenvalue weighted by molar-refractivity contribution is -0.137. The van der Waals surface area contributed by atoms with Gasteiger partial charge in [-0.05, 0) is 35.4 Å². The van der Waals surface area contributed by atoms with E-state index in [4.69, 9.17) is 0 Å². The van der Waals surface area contributed by atoms with Crippen LogP contribution < -0.4 is 10.6 Å². The normalized spacial score (nSPS) is 11.1. The summed E-state index contributed by atoms with van der Waals surface area (Å²) in [4.78, 5) is 27.9. The van der Waals surface area contributed by atoms with Crippen molar-refractivity contribution in [1.29, 1.82) is 0 Å². The molecule has 3 rings (SSSR count). The Bertz CT molecular complexity index is 987. The molecule has 1 aromatic heterocycles. The number of thiazole rings is 1. The van der Waals surface area contributed by atoms with Crippen molar-refractivity contribution < 1.29 is 22.8 Å². The van der Waals surface area contributed by atoms with Crippen LogP contribution in [0, 0.1) is 0 Å². The average Bonchev–Trinajstić information content (AvgIpc) is 3.22. The molecular formula is C20H16F3N3O2S. The van der Waals surface area contributed by atoms with Crippen LogP contribution in [-0.4, -0.2) is 16.8 Å². The number of hydrogen-bond donors (Lipinski definition) is 2. The monoisotopic (exact) mass is 419 g/mol. The maximum Gasteiger partial charge on any atom is 0.416 e. The molecule has 3 aromatic rings. The molecule has 150 valence electrons. The van der Waals surface area contributed by atoms with Crippen LogP contribution in [0.3, 0.4) is 0 Å². The highest BCUT2D eigenvalue weighted by Crippen LogP contribution is 2.29. The number of hydrogen-bond acceptors (Lipinski definition) is 4. The number of halogens is 3. The molecule has 0 atom stereocenters. The van der Waals surface area contributed by atoms with Crippen molar-refractivity contribution in [3.05, 3.63) is 81.8 Å². The Balaban J connectivity index is 1.51. The lowest BCUT2D eigenvalue weighted by Crippen LogP contribution is -2.24. The van der Waals surface area contributed by atoms with Crippen molar-refractivity contribution in [2.75, 3.05) is 5.32 Å². The van der Waals surface area contributed by atoms with Gasteiger partial charge in [-0.2, -0.15) is 13.2 Å². The Morgan fingerprint density at radius 1 is 1.03 bits per heavy atom. The highest BCUT2D eigenvalue weighted by Gasteiger charge is 2.30. The van der Waals surface area contributed by atoms with Crippen LogP contribution in [0.2, 0.25) is 0 Å². The maximum atomic E-state index is 12.7. The van der Waals surface area contributed by atoms with Crippen LogP contribution in [0.25, 0.3) is 0 Å². The first-order chi connectivity index (χ1) is 13.8. The SMILES string of the molecule is O=C(Cc1ccc(NC(=O)c2cscn2)cc1)NCc1cccc(C(F)(F)F)c1. The second kappa shape index (κ2) is 8.87. The molecule has 0 bridgehead atoms. The molecule has 29 heavy (non-hydrogen) atoms. The fourth-order valence-electron chi connectivity index (χ4n) is 2.53. The molecule has 0 spiro atoms. The molecule has 0 aliphatic carbocycles. The van der Waals surface area contributed by atoms with Gasteiger partial charge in [0.2, 0.25) is 5.91 Å². The minimum atomic E-state index is -4.42. The first kappa shape index (κ1) is 20.5. The van der Waals surface area contributed by atoms with E-state index < -0.39 is 11.7 Å².